The number of carbonyl (C=O) groups excluding carboxylic acids is 3. The van der Waals surface area contributed by atoms with Crippen molar-refractivity contribution in [3.8, 4) is 0 Å². The summed E-state index contributed by atoms with van der Waals surface area (Å²) in [5.74, 6) is -0.902. The molecule has 2 aromatic carbocycles. The molecule has 0 spiro atoms. The maximum absolute atomic E-state index is 12.5. The lowest BCUT2D eigenvalue weighted by atomic mass is 10.1. The zero-order valence-electron chi connectivity index (χ0n) is 17.0. The van der Waals surface area contributed by atoms with Crippen molar-refractivity contribution in [2.24, 2.45) is 0 Å². The van der Waals surface area contributed by atoms with Gasteiger partial charge in [0.1, 0.15) is 0 Å². The molecule has 1 N–H and O–H groups in total. The van der Waals surface area contributed by atoms with Gasteiger partial charge in [-0.15, -0.1) is 0 Å². The van der Waals surface area contributed by atoms with Crippen LogP contribution in [0.3, 0.4) is 0 Å². The molecule has 3 amide bonds. The summed E-state index contributed by atoms with van der Waals surface area (Å²) in [5, 5.41) is 2.87. The van der Waals surface area contributed by atoms with Crippen molar-refractivity contribution in [3.63, 3.8) is 0 Å². The molecule has 0 radical (unpaired) electrons. The van der Waals surface area contributed by atoms with E-state index >= 15 is 0 Å². The number of amides is 3. The van der Waals surface area contributed by atoms with Crippen LogP contribution in [0.2, 0.25) is 0 Å². The molecule has 4 rings (SSSR count). The fraction of sp³-hybridized carbons (Fsp3) is 0.348. The van der Waals surface area contributed by atoms with E-state index in [1.54, 1.807) is 12.1 Å². The predicted octanol–water partition coefficient (Wildman–Crippen LogP) is 2.45. The van der Waals surface area contributed by atoms with E-state index in [0.717, 1.165) is 48.9 Å². The van der Waals surface area contributed by atoms with Crippen molar-refractivity contribution in [2.45, 2.75) is 19.9 Å². The molecule has 2 aliphatic heterocycles. The summed E-state index contributed by atoms with van der Waals surface area (Å²) >= 11 is 0. The lowest BCUT2D eigenvalue weighted by Gasteiger charge is -2.26. The summed E-state index contributed by atoms with van der Waals surface area (Å²) in [5.41, 5.74) is 3.57. The highest BCUT2D eigenvalue weighted by atomic mass is 16.5. The number of hydrogen-bond donors (Lipinski definition) is 1. The number of fused-ring (bicyclic) bond motifs is 1. The molecular formula is C23H25N3O4. The Balaban J connectivity index is 1.33. The molecular weight excluding hydrogens is 382 g/mol. The molecule has 0 aromatic heterocycles. The number of rotatable bonds is 6. The summed E-state index contributed by atoms with van der Waals surface area (Å²) in [7, 11) is 0. The quantitative estimate of drug-likeness (QED) is 0.745. The van der Waals surface area contributed by atoms with E-state index in [0.29, 0.717) is 16.8 Å². The molecule has 2 aromatic rings. The highest BCUT2D eigenvalue weighted by Crippen LogP contribution is 2.24. The molecule has 0 unspecified atom stereocenters. The molecule has 1 fully saturated rings. The molecule has 2 aliphatic rings. The number of benzene rings is 2. The van der Waals surface area contributed by atoms with Gasteiger partial charge in [0.2, 0.25) is 5.91 Å². The van der Waals surface area contributed by atoms with E-state index in [2.05, 4.69) is 10.2 Å². The number of morpholine rings is 1. The van der Waals surface area contributed by atoms with Crippen molar-refractivity contribution < 1.29 is 19.1 Å². The molecule has 7 heteroatoms. The summed E-state index contributed by atoms with van der Waals surface area (Å²) in [6.45, 7) is 6.03. The van der Waals surface area contributed by atoms with Gasteiger partial charge >= 0.3 is 0 Å². The molecule has 1 saturated heterocycles. The summed E-state index contributed by atoms with van der Waals surface area (Å²) in [4.78, 5) is 40.9. The first kappa shape index (κ1) is 20.3. The van der Waals surface area contributed by atoms with Gasteiger partial charge in [-0.2, -0.15) is 0 Å². The van der Waals surface area contributed by atoms with E-state index in [4.69, 9.17) is 4.74 Å². The Kier molecular flexibility index (Phi) is 5.92. The first-order valence-corrected chi connectivity index (χ1v) is 10.2. The molecule has 0 aliphatic carbocycles. The standard InChI is InChI=1S/C23H25N3O4/c1-16-5-6-19-20(13-16)23(29)26(22(19)28)8-7-21(27)24-18-4-2-3-17(14-18)15-25-9-11-30-12-10-25/h2-6,13-14H,7-12,15H2,1H3,(H,24,27). The van der Waals surface area contributed by atoms with Crippen molar-refractivity contribution in [1.29, 1.82) is 0 Å². The van der Waals surface area contributed by atoms with E-state index in [9.17, 15) is 14.4 Å². The number of aryl methyl sites for hydroxylation is 1. The topological polar surface area (TPSA) is 79.0 Å². The molecule has 7 nitrogen and oxygen atoms in total. The third-order valence-corrected chi connectivity index (χ3v) is 5.41. The van der Waals surface area contributed by atoms with E-state index in [-0.39, 0.29) is 30.7 Å². The van der Waals surface area contributed by atoms with E-state index in [1.165, 1.54) is 0 Å². The van der Waals surface area contributed by atoms with E-state index in [1.807, 2.05) is 37.3 Å². The minimum atomic E-state index is -0.338. The Labute approximate surface area is 175 Å². The van der Waals surface area contributed by atoms with Crippen molar-refractivity contribution in [2.75, 3.05) is 38.2 Å². The van der Waals surface area contributed by atoms with Crippen molar-refractivity contribution >= 4 is 23.4 Å². The summed E-state index contributed by atoms with van der Waals surface area (Å²) in [6, 6.07) is 12.9. The lowest BCUT2D eigenvalue weighted by molar-refractivity contribution is -0.116. The zero-order valence-corrected chi connectivity index (χ0v) is 17.0. The number of carbonyl (C=O) groups is 3. The van der Waals surface area contributed by atoms with Crippen LogP contribution in [0.5, 0.6) is 0 Å². The van der Waals surface area contributed by atoms with Gasteiger partial charge in [0.05, 0.1) is 24.3 Å². The van der Waals surface area contributed by atoms with Crippen LogP contribution >= 0.6 is 0 Å². The third-order valence-electron chi connectivity index (χ3n) is 5.41. The molecule has 0 atom stereocenters. The first-order valence-electron chi connectivity index (χ1n) is 10.2. The monoisotopic (exact) mass is 407 g/mol. The minimum Gasteiger partial charge on any atom is -0.379 e. The number of hydrogen-bond acceptors (Lipinski definition) is 5. The fourth-order valence-corrected chi connectivity index (χ4v) is 3.81. The molecule has 30 heavy (non-hydrogen) atoms. The average Bonchev–Trinajstić information content (AvgIpc) is 2.97. The lowest BCUT2D eigenvalue weighted by Crippen LogP contribution is -2.35. The summed E-state index contributed by atoms with van der Waals surface area (Å²) < 4.78 is 5.37. The van der Waals surface area contributed by atoms with Crippen LogP contribution in [-0.4, -0.2) is 60.4 Å². The third kappa shape index (κ3) is 4.42. The summed E-state index contributed by atoms with van der Waals surface area (Å²) in [6.07, 6.45) is 0.0537. The van der Waals surface area contributed by atoms with Gasteiger partial charge in [0.25, 0.3) is 11.8 Å². The Morgan fingerprint density at radius 2 is 1.80 bits per heavy atom. The molecule has 156 valence electrons. The number of nitrogens with zero attached hydrogens (tertiary/aromatic N) is 2. The van der Waals surface area contributed by atoms with E-state index < -0.39 is 0 Å². The molecule has 0 saturated carbocycles. The van der Waals surface area contributed by atoms with Gasteiger partial charge in [-0.3, -0.25) is 24.2 Å². The Hall–Kier alpha value is -3.03. The second kappa shape index (κ2) is 8.77. The number of imide groups is 1. The highest BCUT2D eigenvalue weighted by Gasteiger charge is 2.35. The smallest absolute Gasteiger partial charge is 0.261 e. The van der Waals surface area contributed by atoms with Crippen molar-refractivity contribution in [1.82, 2.24) is 9.80 Å². The Bertz CT molecular complexity index is 982. The normalized spacial score (nSPS) is 16.6. The Morgan fingerprint density at radius 3 is 2.60 bits per heavy atom. The maximum Gasteiger partial charge on any atom is 0.261 e. The van der Waals surface area contributed by atoms with Gasteiger partial charge < -0.3 is 10.1 Å². The van der Waals surface area contributed by atoms with Crippen LogP contribution in [0.15, 0.2) is 42.5 Å². The van der Waals surface area contributed by atoms with Crippen LogP contribution in [0, 0.1) is 6.92 Å². The molecule has 2 heterocycles. The largest absolute Gasteiger partial charge is 0.379 e. The predicted molar refractivity (Wildman–Crippen MR) is 112 cm³/mol. The SMILES string of the molecule is Cc1ccc2c(c1)C(=O)N(CCC(=O)Nc1cccc(CN3CCOCC3)c1)C2=O. The second-order valence-electron chi connectivity index (χ2n) is 7.70. The second-order valence-corrected chi connectivity index (χ2v) is 7.70. The average molecular weight is 407 g/mol. The fourth-order valence-electron chi connectivity index (χ4n) is 3.81. The van der Waals surface area contributed by atoms with Gasteiger partial charge in [0.15, 0.2) is 0 Å². The van der Waals surface area contributed by atoms with Gasteiger partial charge in [-0.05, 0) is 36.8 Å². The Morgan fingerprint density at radius 1 is 1.03 bits per heavy atom. The van der Waals surface area contributed by atoms with Gasteiger partial charge in [0, 0.05) is 38.3 Å². The van der Waals surface area contributed by atoms with Crippen LogP contribution in [0.25, 0.3) is 0 Å². The van der Waals surface area contributed by atoms with Crippen LogP contribution in [0.1, 0.15) is 38.3 Å². The zero-order chi connectivity index (χ0) is 21.1. The van der Waals surface area contributed by atoms with Crippen LogP contribution in [0.4, 0.5) is 5.69 Å². The van der Waals surface area contributed by atoms with Crippen LogP contribution < -0.4 is 5.32 Å². The molecule has 0 bridgehead atoms. The van der Waals surface area contributed by atoms with Gasteiger partial charge in [-0.1, -0.05) is 23.8 Å². The van der Waals surface area contributed by atoms with Gasteiger partial charge in [-0.25, -0.2) is 0 Å². The number of nitrogens with one attached hydrogen (secondary N) is 1. The van der Waals surface area contributed by atoms with Crippen LogP contribution in [-0.2, 0) is 16.1 Å². The maximum atomic E-state index is 12.5. The minimum absolute atomic E-state index is 0.0537. The highest BCUT2D eigenvalue weighted by molar-refractivity contribution is 6.21. The number of anilines is 1. The number of ether oxygens (including phenoxy) is 1. The first-order chi connectivity index (χ1) is 14.5. The van der Waals surface area contributed by atoms with Crippen molar-refractivity contribution in [3.05, 3.63) is 64.7 Å².